The second-order valence-corrected chi connectivity index (χ2v) is 9.86. The van der Waals surface area contributed by atoms with Crippen LogP contribution >= 0.6 is 23.4 Å². The van der Waals surface area contributed by atoms with Crippen LogP contribution in [0.25, 0.3) is 22.2 Å². The Morgan fingerprint density at radius 2 is 1.97 bits per heavy atom. The van der Waals surface area contributed by atoms with Gasteiger partial charge >= 0.3 is 12.0 Å². The molecule has 0 unspecified atom stereocenters. The van der Waals surface area contributed by atoms with E-state index in [0.29, 0.717) is 47.5 Å². The van der Waals surface area contributed by atoms with Crippen molar-refractivity contribution < 1.29 is 19.4 Å². The summed E-state index contributed by atoms with van der Waals surface area (Å²) < 4.78 is 11.5. The Morgan fingerprint density at radius 1 is 1.19 bits per heavy atom. The Labute approximate surface area is 222 Å². The first kappa shape index (κ1) is 25.1. The zero-order valence-electron chi connectivity index (χ0n) is 19.9. The molecular formula is C26H24ClN5O4S. The summed E-state index contributed by atoms with van der Waals surface area (Å²) in [7, 11) is 0. The summed E-state index contributed by atoms with van der Waals surface area (Å²) in [5.41, 5.74) is 9.41. The van der Waals surface area contributed by atoms with Crippen LogP contribution in [-0.4, -0.2) is 44.1 Å². The first-order valence-corrected chi connectivity index (χ1v) is 13.3. The molecule has 1 aliphatic rings. The van der Waals surface area contributed by atoms with Crippen LogP contribution in [0.3, 0.4) is 0 Å². The average Bonchev–Trinajstić information content (AvgIpc) is 2.87. The number of nitrogens with zero attached hydrogens (tertiary/aromatic N) is 3. The molecule has 0 fully saturated rings. The molecule has 9 nitrogen and oxygen atoms in total. The predicted octanol–water partition coefficient (Wildman–Crippen LogP) is 5.37. The standard InChI is InChI=1S/C26H24ClN5O4S/c1-37-10-9-20(24(33)34)29-16-5-7-17(8-6-16)36-26-31-23(30-25(28)32-26)22-18-4-2-3-14-12-35-13-15(21(14)18)11-19(22)27/h2-8,11,20,29H,9-10,12-13H2,1H3,(H,33,34)(H2,28,30,31,32)/t20-/m0/s1. The maximum Gasteiger partial charge on any atom is 0.327 e. The van der Waals surface area contributed by atoms with Crippen molar-refractivity contribution in [1.82, 2.24) is 15.0 Å². The van der Waals surface area contributed by atoms with Crippen molar-refractivity contribution in [1.29, 1.82) is 0 Å². The topological polar surface area (TPSA) is 132 Å². The monoisotopic (exact) mass is 537 g/mol. The van der Waals surface area contributed by atoms with E-state index in [4.69, 9.17) is 26.8 Å². The van der Waals surface area contributed by atoms with Crippen molar-refractivity contribution in [3.8, 4) is 23.1 Å². The van der Waals surface area contributed by atoms with E-state index in [9.17, 15) is 9.90 Å². The van der Waals surface area contributed by atoms with Gasteiger partial charge in [-0.1, -0.05) is 29.8 Å². The molecule has 0 aliphatic carbocycles. The van der Waals surface area contributed by atoms with E-state index in [-0.39, 0.29) is 12.0 Å². The normalized spacial score (nSPS) is 13.4. The molecule has 1 aromatic heterocycles. The van der Waals surface area contributed by atoms with E-state index in [2.05, 4.69) is 20.3 Å². The minimum atomic E-state index is -0.896. The Bertz CT molecular complexity index is 1470. The third-order valence-electron chi connectivity index (χ3n) is 5.97. The van der Waals surface area contributed by atoms with Gasteiger partial charge in [-0.2, -0.15) is 26.7 Å². The van der Waals surface area contributed by atoms with Crippen LogP contribution in [-0.2, 0) is 22.7 Å². The first-order chi connectivity index (χ1) is 17.9. The maximum atomic E-state index is 11.5. The van der Waals surface area contributed by atoms with Crippen LogP contribution in [0.4, 0.5) is 11.6 Å². The molecule has 3 aromatic carbocycles. The lowest BCUT2D eigenvalue weighted by Gasteiger charge is -2.20. The number of nitrogens with one attached hydrogen (secondary N) is 1. The van der Waals surface area contributed by atoms with Gasteiger partial charge in [0.05, 0.1) is 18.2 Å². The molecule has 0 saturated heterocycles. The summed E-state index contributed by atoms with van der Waals surface area (Å²) in [4.78, 5) is 24.5. The lowest BCUT2D eigenvalue weighted by atomic mass is 9.94. The summed E-state index contributed by atoms with van der Waals surface area (Å²) in [5.74, 6) is 0.604. The largest absolute Gasteiger partial charge is 0.480 e. The highest BCUT2D eigenvalue weighted by Crippen LogP contribution is 2.40. The number of carboxylic acid groups (broad SMARTS) is 1. The summed E-state index contributed by atoms with van der Waals surface area (Å²) >= 11 is 8.29. The van der Waals surface area contributed by atoms with Gasteiger partial charge in [0.15, 0.2) is 5.82 Å². The van der Waals surface area contributed by atoms with E-state index >= 15 is 0 Å². The second kappa shape index (κ2) is 10.8. The number of nitrogens with two attached hydrogens (primary N) is 1. The molecule has 37 heavy (non-hydrogen) atoms. The number of ether oxygens (including phenoxy) is 2. The van der Waals surface area contributed by atoms with Crippen LogP contribution in [0.15, 0.2) is 48.5 Å². The van der Waals surface area contributed by atoms with Crippen molar-refractivity contribution in [3.63, 3.8) is 0 Å². The summed E-state index contributed by atoms with van der Waals surface area (Å²) in [6.45, 7) is 1.01. The number of hydrogen-bond donors (Lipinski definition) is 3. The van der Waals surface area contributed by atoms with E-state index in [1.54, 1.807) is 36.0 Å². The zero-order valence-corrected chi connectivity index (χ0v) is 21.5. The van der Waals surface area contributed by atoms with Gasteiger partial charge in [0.25, 0.3) is 0 Å². The number of hydrogen-bond acceptors (Lipinski definition) is 9. The first-order valence-electron chi connectivity index (χ1n) is 11.5. The number of anilines is 2. The van der Waals surface area contributed by atoms with Gasteiger partial charge < -0.3 is 25.6 Å². The molecule has 0 bridgehead atoms. The van der Waals surface area contributed by atoms with E-state index < -0.39 is 12.0 Å². The number of thioether (sulfide) groups is 1. The third kappa shape index (κ3) is 5.41. The molecule has 0 saturated carbocycles. The lowest BCUT2D eigenvalue weighted by molar-refractivity contribution is -0.137. The van der Waals surface area contributed by atoms with Gasteiger partial charge in [-0.3, -0.25) is 0 Å². The zero-order chi connectivity index (χ0) is 25.9. The van der Waals surface area contributed by atoms with Crippen LogP contribution in [0.5, 0.6) is 11.8 Å². The number of carboxylic acids is 1. The third-order valence-corrected chi connectivity index (χ3v) is 6.91. The van der Waals surface area contributed by atoms with E-state index in [1.807, 2.05) is 30.5 Å². The van der Waals surface area contributed by atoms with E-state index in [1.165, 1.54) is 0 Å². The summed E-state index contributed by atoms with van der Waals surface area (Å²) in [6.07, 6.45) is 2.45. The van der Waals surface area contributed by atoms with Crippen LogP contribution in [0.2, 0.25) is 5.02 Å². The molecule has 4 N–H and O–H groups in total. The van der Waals surface area contributed by atoms with Crippen LogP contribution in [0, 0.1) is 0 Å². The Morgan fingerprint density at radius 3 is 2.73 bits per heavy atom. The molecule has 2 heterocycles. The minimum absolute atomic E-state index is 0.00347. The molecule has 1 atom stereocenters. The van der Waals surface area contributed by atoms with Gasteiger partial charge in [-0.15, -0.1) is 0 Å². The highest BCUT2D eigenvalue weighted by Gasteiger charge is 2.21. The molecule has 0 radical (unpaired) electrons. The second-order valence-electron chi connectivity index (χ2n) is 8.47. The molecule has 190 valence electrons. The van der Waals surface area contributed by atoms with Gasteiger partial charge in [-0.25, -0.2) is 4.79 Å². The van der Waals surface area contributed by atoms with Crippen LogP contribution < -0.4 is 15.8 Å². The molecule has 11 heteroatoms. The quantitative estimate of drug-likeness (QED) is 0.256. The SMILES string of the molecule is CSCC[C@H](Nc1ccc(Oc2nc(N)nc(-c3c(Cl)cc4c5c(cccc35)COC4)n2)cc1)C(=O)O. The van der Waals surface area contributed by atoms with Crippen molar-refractivity contribution in [2.24, 2.45) is 0 Å². The van der Waals surface area contributed by atoms with Gasteiger partial charge in [-0.05, 0) is 70.7 Å². The minimum Gasteiger partial charge on any atom is -0.480 e. The number of rotatable bonds is 9. The lowest BCUT2D eigenvalue weighted by Crippen LogP contribution is -2.29. The summed E-state index contributed by atoms with van der Waals surface area (Å²) in [6, 6.07) is 14.0. The average molecular weight is 538 g/mol. The number of carbonyl (C=O) groups is 1. The Balaban J connectivity index is 1.42. The number of benzene rings is 3. The molecule has 1 aliphatic heterocycles. The van der Waals surface area contributed by atoms with Crippen molar-refractivity contribution in [2.75, 3.05) is 23.1 Å². The number of halogens is 1. The maximum absolute atomic E-state index is 11.5. The van der Waals surface area contributed by atoms with Crippen molar-refractivity contribution >= 4 is 51.7 Å². The number of aliphatic carboxylic acids is 1. The van der Waals surface area contributed by atoms with Gasteiger partial charge in [0.1, 0.15) is 11.8 Å². The smallest absolute Gasteiger partial charge is 0.327 e. The van der Waals surface area contributed by atoms with Crippen LogP contribution in [0.1, 0.15) is 17.5 Å². The molecule has 4 aromatic rings. The van der Waals surface area contributed by atoms with Gasteiger partial charge in [0.2, 0.25) is 5.95 Å². The van der Waals surface area contributed by atoms with E-state index in [0.717, 1.165) is 27.7 Å². The highest BCUT2D eigenvalue weighted by molar-refractivity contribution is 7.98. The van der Waals surface area contributed by atoms with Crippen molar-refractivity contribution in [2.45, 2.75) is 25.7 Å². The number of nitrogen functional groups attached to an aromatic ring is 1. The molecular weight excluding hydrogens is 514 g/mol. The molecule has 0 amide bonds. The van der Waals surface area contributed by atoms with Crippen molar-refractivity contribution in [3.05, 3.63) is 64.7 Å². The number of aromatic nitrogens is 3. The molecule has 0 spiro atoms. The predicted molar refractivity (Wildman–Crippen MR) is 145 cm³/mol. The summed E-state index contributed by atoms with van der Waals surface area (Å²) in [5, 5.41) is 14.9. The fourth-order valence-electron chi connectivity index (χ4n) is 4.29. The molecule has 5 rings (SSSR count). The fourth-order valence-corrected chi connectivity index (χ4v) is 5.08. The van der Waals surface area contributed by atoms with Gasteiger partial charge in [0, 0.05) is 11.3 Å². The Hall–Kier alpha value is -3.60. The highest BCUT2D eigenvalue weighted by atomic mass is 35.5. The fraction of sp³-hybridized carbons (Fsp3) is 0.231. The Kier molecular flexibility index (Phi) is 7.31.